The maximum atomic E-state index is 11.4. The van der Waals surface area contributed by atoms with E-state index in [1.54, 1.807) is 13.8 Å². The first-order valence-electron chi connectivity index (χ1n) is 4.17. The van der Waals surface area contributed by atoms with Crippen LogP contribution in [-0.4, -0.2) is 54.5 Å². The van der Waals surface area contributed by atoms with Crippen molar-refractivity contribution in [2.45, 2.75) is 19.9 Å². The van der Waals surface area contributed by atoms with E-state index in [1.165, 1.54) is 4.31 Å². The molecule has 0 saturated heterocycles. The molecule has 13 heavy (non-hydrogen) atoms. The fourth-order valence-electron chi connectivity index (χ4n) is 1.05. The molecule has 0 aromatic heterocycles. The van der Waals surface area contributed by atoms with Crippen molar-refractivity contribution in [2.75, 3.05) is 25.5 Å². The number of hydrogen-bond donors (Lipinski definition) is 2. The highest BCUT2D eigenvalue weighted by Crippen LogP contribution is 2.06. The Kier molecular flexibility index (Phi) is 5.46. The first kappa shape index (κ1) is 12.8. The van der Waals surface area contributed by atoms with Gasteiger partial charge in [0, 0.05) is 12.6 Å². The largest absolute Gasteiger partial charge is 0.395 e. The molecule has 6 heteroatoms. The summed E-state index contributed by atoms with van der Waals surface area (Å²) >= 11 is 0. The monoisotopic (exact) mass is 211 g/mol. The molecule has 0 aromatic rings. The van der Waals surface area contributed by atoms with E-state index in [1.807, 2.05) is 0 Å². The van der Waals surface area contributed by atoms with Gasteiger partial charge in [-0.3, -0.25) is 0 Å². The Morgan fingerprint density at radius 2 is 1.77 bits per heavy atom. The summed E-state index contributed by atoms with van der Waals surface area (Å²) in [6.07, 6.45) is 0. The van der Waals surface area contributed by atoms with Gasteiger partial charge in [0.05, 0.1) is 19.0 Å². The Bertz CT molecular complexity index is 225. The molecule has 5 nitrogen and oxygen atoms in total. The Labute approximate surface area is 79.0 Å². The zero-order valence-electron chi connectivity index (χ0n) is 7.97. The summed E-state index contributed by atoms with van der Waals surface area (Å²) in [5.74, 6) is -0.287. The summed E-state index contributed by atoms with van der Waals surface area (Å²) in [7, 11) is -3.41. The van der Waals surface area contributed by atoms with E-state index in [2.05, 4.69) is 0 Å². The number of rotatable bonds is 6. The zero-order valence-corrected chi connectivity index (χ0v) is 8.79. The smallest absolute Gasteiger partial charge is 0.216 e. The van der Waals surface area contributed by atoms with Gasteiger partial charge in [0.15, 0.2) is 0 Å². The van der Waals surface area contributed by atoms with Crippen LogP contribution in [-0.2, 0) is 10.0 Å². The Morgan fingerprint density at radius 1 is 1.23 bits per heavy atom. The van der Waals surface area contributed by atoms with Crippen LogP contribution >= 0.6 is 0 Å². The molecular weight excluding hydrogens is 194 g/mol. The lowest BCUT2D eigenvalue weighted by Crippen LogP contribution is -2.40. The van der Waals surface area contributed by atoms with E-state index in [4.69, 9.17) is 10.2 Å². The first-order valence-corrected chi connectivity index (χ1v) is 5.78. The zero-order chi connectivity index (χ0) is 10.5. The third-order valence-electron chi connectivity index (χ3n) is 1.60. The number of aliphatic hydroxyl groups is 2. The van der Waals surface area contributed by atoms with Crippen LogP contribution in [0.25, 0.3) is 0 Å². The van der Waals surface area contributed by atoms with Crippen LogP contribution in [0.4, 0.5) is 0 Å². The third kappa shape index (κ3) is 4.04. The topological polar surface area (TPSA) is 77.8 Å². The van der Waals surface area contributed by atoms with Crippen LogP contribution in [0.15, 0.2) is 0 Å². The number of nitrogens with zero attached hydrogens (tertiary/aromatic N) is 1. The Hall–Kier alpha value is -0.170. The number of aliphatic hydroxyl groups excluding tert-OH is 2. The maximum Gasteiger partial charge on any atom is 0.216 e. The molecule has 80 valence electrons. The predicted molar refractivity (Wildman–Crippen MR) is 49.8 cm³/mol. The van der Waals surface area contributed by atoms with Crippen LogP contribution in [0.5, 0.6) is 0 Å². The summed E-state index contributed by atoms with van der Waals surface area (Å²) < 4.78 is 24.0. The van der Waals surface area contributed by atoms with Gasteiger partial charge in [0.1, 0.15) is 0 Å². The highest BCUT2D eigenvalue weighted by Gasteiger charge is 2.23. The van der Waals surface area contributed by atoms with Gasteiger partial charge >= 0.3 is 0 Å². The number of hydrogen-bond acceptors (Lipinski definition) is 4. The van der Waals surface area contributed by atoms with Gasteiger partial charge in [0.25, 0.3) is 0 Å². The summed E-state index contributed by atoms with van der Waals surface area (Å²) in [5, 5.41) is 17.2. The van der Waals surface area contributed by atoms with E-state index < -0.39 is 16.6 Å². The summed E-state index contributed by atoms with van der Waals surface area (Å²) in [6, 6.07) is -0.191. The van der Waals surface area contributed by atoms with Gasteiger partial charge in [-0.05, 0) is 13.8 Å². The van der Waals surface area contributed by atoms with Crippen molar-refractivity contribution in [3.05, 3.63) is 0 Å². The van der Waals surface area contributed by atoms with Crippen molar-refractivity contribution < 1.29 is 18.6 Å². The molecule has 0 aliphatic carbocycles. The van der Waals surface area contributed by atoms with Crippen LogP contribution < -0.4 is 0 Å². The standard InChI is InChI=1S/C7H17NO4S/c1-7(2)8(3-4-9)13(11,12)6-5-10/h7,9-10H,3-6H2,1-2H3. The van der Waals surface area contributed by atoms with E-state index >= 15 is 0 Å². The molecule has 0 aliphatic heterocycles. The van der Waals surface area contributed by atoms with Gasteiger partial charge in [0.2, 0.25) is 10.0 Å². The van der Waals surface area contributed by atoms with Crippen molar-refractivity contribution in [3.63, 3.8) is 0 Å². The molecule has 0 heterocycles. The highest BCUT2D eigenvalue weighted by atomic mass is 32.2. The minimum Gasteiger partial charge on any atom is -0.395 e. The van der Waals surface area contributed by atoms with Gasteiger partial charge in [-0.15, -0.1) is 0 Å². The second-order valence-corrected chi connectivity index (χ2v) is 5.01. The fraction of sp³-hybridized carbons (Fsp3) is 1.00. The Morgan fingerprint density at radius 3 is 2.08 bits per heavy atom. The van der Waals surface area contributed by atoms with E-state index in [0.29, 0.717) is 0 Å². The maximum absolute atomic E-state index is 11.4. The average molecular weight is 211 g/mol. The molecule has 0 aliphatic rings. The molecule has 0 amide bonds. The van der Waals surface area contributed by atoms with Crippen LogP contribution in [0.3, 0.4) is 0 Å². The quantitative estimate of drug-likeness (QED) is 0.591. The van der Waals surface area contributed by atoms with Crippen LogP contribution in [0.1, 0.15) is 13.8 Å². The van der Waals surface area contributed by atoms with Crippen LogP contribution in [0, 0.1) is 0 Å². The van der Waals surface area contributed by atoms with Gasteiger partial charge < -0.3 is 10.2 Å². The van der Waals surface area contributed by atoms with Crippen molar-refractivity contribution in [3.8, 4) is 0 Å². The average Bonchev–Trinajstić information content (AvgIpc) is 1.99. The van der Waals surface area contributed by atoms with E-state index in [9.17, 15) is 8.42 Å². The molecule has 0 radical (unpaired) electrons. The minimum atomic E-state index is -3.41. The van der Waals surface area contributed by atoms with Gasteiger partial charge in [-0.1, -0.05) is 0 Å². The van der Waals surface area contributed by atoms with Gasteiger partial charge in [-0.2, -0.15) is 4.31 Å². The second kappa shape index (κ2) is 5.54. The van der Waals surface area contributed by atoms with Crippen molar-refractivity contribution >= 4 is 10.0 Å². The van der Waals surface area contributed by atoms with Crippen molar-refractivity contribution in [2.24, 2.45) is 0 Å². The SMILES string of the molecule is CC(C)N(CCO)S(=O)(=O)CCO. The van der Waals surface area contributed by atoms with Crippen LogP contribution in [0.2, 0.25) is 0 Å². The summed E-state index contributed by atoms with van der Waals surface area (Å²) in [4.78, 5) is 0. The molecule has 0 fully saturated rings. The van der Waals surface area contributed by atoms with Crippen molar-refractivity contribution in [1.82, 2.24) is 4.31 Å². The normalized spacial score (nSPS) is 12.8. The minimum absolute atomic E-state index is 0.0833. The van der Waals surface area contributed by atoms with Gasteiger partial charge in [-0.25, -0.2) is 8.42 Å². The first-order chi connectivity index (χ1) is 5.95. The number of sulfonamides is 1. The lowest BCUT2D eigenvalue weighted by atomic mass is 10.4. The predicted octanol–water partition coefficient (Wildman–Crippen LogP) is -0.989. The van der Waals surface area contributed by atoms with E-state index in [0.717, 1.165) is 0 Å². The molecular formula is C7H17NO4S. The molecule has 0 bridgehead atoms. The summed E-state index contributed by atoms with van der Waals surface area (Å²) in [5.41, 5.74) is 0. The molecule has 0 unspecified atom stereocenters. The summed E-state index contributed by atoms with van der Waals surface area (Å²) in [6.45, 7) is 2.94. The highest BCUT2D eigenvalue weighted by molar-refractivity contribution is 7.89. The molecule has 0 spiro atoms. The molecule has 0 saturated carbocycles. The lowest BCUT2D eigenvalue weighted by Gasteiger charge is -2.24. The lowest BCUT2D eigenvalue weighted by molar-refractivity contribution is 0.234. The second-order valence-electron chi connectivity index (χ2n) is 2.97. The fourth-order valence-corrected chi connectivity index (χ4v) is 2.52. The van der Waals surface area contributed by atoms with E-state index in [-0.39, 0.29) is 24.9 Å². The molecule has 0 aromatic carbocycles. The Balaban J connectivity index is 4.53. The molecule has 0 rings (SSSR count). The third-order valence-corrected chi connectivity index (χ3v) is 3.62. The molecule has 2 N–H and O–H groups in total. The molecule has 0 atom stereocenters. The van der Waals surface area contributed by atoms with Crippen molar-refractivity contribution in [1.29, 1.82) is 0 Å².